The van der Waals surface area contributed by atoms with E-state index in [-0.39, 0.29) is 40.5 Å². The molecule has 230 valence electrons. The molecule has 1 atom stereocenters. The molecular weight excluding hydrogens is 583 g/mol. The summed E-state index contributed by atoms with van der Waals surface area (Å²) >= 11 is 1.53. The zero-order valence-electron chi connectivity index (χ0n) is 25.4. The number of aryl methyl sites for hydroxylation is 2. The molecule has 1 unspecified atom stereocenters. The van der Waals surface area contributed by atoms with Crippen molar-refractivity contribution in [1.82, 2.24) is 9.47 Å². The number of hydrogen-bond acceptors (Lipinski definition) is 5. The second-order valence-electron chi connectivity index (χ2n) is 11.8. The molecule has 0 bridgehead atoms. The minimum Gasteiger partial charge on any atom is -0.494 e. The Balaban J connectivity index is 1.37. The summed E-state index contributed by atoms with van der Waals surface area (Å²) in [5, 5.41) is 0.695. The minimum absolute atomic E-state index is 0.0288. The SMILES string of the molecule is COc1cccc(-c2c(C)c(Cc3c(F)cccc3F)c3n(c2=O)C(CN2CCN(c4cc(C)cc(C)c4)CC2)CS3)c1F. The molecule has 0 spiro atoms. The molecule has 0 radical (unpaired) electrons. The number of fused-ring (bicyclic) bond motifs is 1. The molecule has 44 heavy (non-hydrogen) atoms. The second-order valence-corrected chi connectivity index (χ2v) is 12.8. The van der Waals surface area contributed by atoms with Crippen molar-refractivity contribution in [1.29, 1.82) is 0 Å². The van der Waals surface area contributed by atoms with Crippen LogP contribution >= 0.6 is 11.8 Å². The maximum atomic E-state index is 15.6. The first-order valence-corrected chi connectivity index (χ1v) is 15.9. The Labute approximate surface area is 260 Å². The van der Waals surface area contributed by atoms with Gasteiger partial charge in [0.2, 0.25) is 0 Å². The number of ether oxygens (including phenoxy) is 1. The first kappa shape index (κ1) is 30.3. The highest BCUT2D eigenvalue weighted by molar-refractivity contribution is 7.99. The van der Waals surface area contributed by atoms with Gasteiger partial charge >= 0.3 is 0 Å². The molecule has 1 aromatic heterocycles. The summed E-state index contributed by atoms with van der Waals surface area (Å²) < 4.78 is 52.3. The third-order valence-electron chi connectivity index (χ3n) is 8.80. The number of aromatic nitrogens is 1. The van der Waals surface area contributed by atoms with Gasteiger partial charge < -0.3 is 9.64 Å². The van der Waals surface area contributed by atoms with E-state index in [1.165, 1.54) is 60.0 Å². The third-order valence-corrected chi connectivity index (χ3v) is 10.1. The zero-order valence-corrected chi connectivity index (χ0v) is 26.2. The Morgan fingerprint density at radius 1 is 0.886 bits per heavy atom. The maximum absolute atomic E-state index is 15.6. The highest BCUT2D eigenvalue weighted by atomic mass is 32.2. The smallest absolute Gasteiger partial charge is 0.260 e. The molecule has 3 heterocycles. The number of halogens is 3. The van der Waals surface area contributed by atoms with Gasteiger partial charge in [-0.3, -0.25) is 14.3 Å². The van der Waals surface area contributed by atoms with Crippen molar-refractivity contribution in [3.05, 3.63) is 110 Å². The average molecular weight is 620 g/mol. The predicted molar refractivity (Wildman–Crippen MR) is 171 cm³/mol. The first-order valence-electron chi connectivity index (χ1n) is 14.9. The van der Waals surface area contributed by atoms with Crippen molar-refractivity contribution in [3.63, 3.8) is 0 Å². The molecule has 0 aliphatic carbocycles. The van der Waals surface area contributed by atoms with Crippen molar-refractivity contribution in [2.24, 2.45) is 0 Å². The molecule has 1 saturated heterocycles. The van der Waals surface area contributed by atoms with Gasteiger partial charge in [0, 0.05) is 61.7 Å². The summed E-state index contributed by atoms with van der Waals surface area (Å²) in [7, 11) is 1.38. The van der Waals surface area contributed by atoms with Crippen molar-refractivity contribution >= 4 is 17.4 Å². The van der Waals surface area contributed by atoms with E-state index in [1.807, 2.05) is 0 Å². The van der Waals surface area contributed by atoms with Crippen molar-refractivity contribution in [3.8, 4) is 16.9 Å². The molecule has 1 fully saturated rings. The van der Waals surface area contributed by atoms with Crippen LogP contribution in [-0.4, -0.2) is 55.1 Å². The van der Waals surface area contributed by atoms with Crippen molar-refractivity contribution < 1.29 is 17.9 Å². The summed E-state index contributed by atoms with van der Waals surface area (Å²) in [5.41, 5.74) is 4.82. The Morgan fingerprint density at radius 3 is 2.20 bits per heavy atom. The molecule has 0 saturated carbocycles. The van der Waals surface area contributed by atoms with Gasteiger partial charge in [0.05, 0.1) is 23.7 Å². The van der Waals surface area contributed by atoms with Crippen LogP contribution in [0.2, 0.25) is 0 Å². The molecule has 5 nitrogen and oxygen atoms in total. The lowest BCUT2D eigenvalue weighted by atomic mass is 9.94. The maximum Gasteiger partial charge on any atom is 0.260 e. The largest absolute Gasteiger partial charge is 0.494 e. The molecule has 0 N–H and O–H groups in total. The number of benzene rings is 3. The van der Waals surface area contributed by atoms with Gasteiger partial charge in [-0.15, -0.1) is 11.8 Å². The van der Waals surface area contributed by atoms with E-state index in [0.29, 0.717) is 28.5 Å². The quantitative estimate of drug-likeness (QED) is 0.225. The Bertz CT molecular complexity index is 1740. The fourth-order valence-corrected chi connectivity index (χ4v) is 7.96. The third kappa shape index (κ3) is 5.63. The molecule has 9 heteroatoms. The van der Waals surface area contributed by atoms with E-state index in [0.717, 1.165) is 26.2 Å². The number of piperazine rings is 1. The second kappa shape index (κ2) is 12.4. The summed E-state index contributed by atoms with van der Waals surface area (Å²) in [4.78, 5) is 19.1. The van der Waals surface area contributed by atoms with E-state index in [4.69, 9.17) is 4.74 Å². The lowest BCUT2D eigenvalue weighted by Gasteiger charge is -2.37. The van der Waals surface area contributed by atoms with Crippen LogP contribution in [0.3, 0.4) is 0 Å². The van der Waals surface area contributed by atoms with Gasteiger partial charge in [-0.25, -0.2) is 13.2 Å². The fraction of sp³-hybridized carbons (Fsp3) is 0.343. The normalized spacial score (nSPS) is 16.8. The topological polar surface area (TPSA) is 37.7 Å². The van der Waals surface area contributed by atoms with Gasteiger partial charge in [0.25, 0.3) is 5.56 Å². The molecule has 2 aliphatic rings. The van der Waals surface area contributed by atoms with Crippen LogP contribution in [0.5, 0.6) is 5.75 Å². The number of anilines is 1. The highest BCUT2D eigenvalue weighted by Gasteiger charge is 2.33. The monoisotopic (exact) mass is 619 g/mol. The minimum atomic E-state index is -0.648. The van der Waals surface area contributed by atoms with Gasteiger partial charge in [-0.05, 0) is 73.4 Å². The van der Waals surface area contributed by atoms with E-state index in [9.17, 15) is 13.6 Å². The molecule has 6 rings (SSSR count). The fourth-order valence-electron chi connectivity index (χ4n) is 6.59. The molecule has 2 aliphatic heterocycles. The molecule has 3 aromatic carbocycles. The number of hydrogen-bond donors (Lipinski definition) is 0. The summed E-state index contributed by atoms with van der Waals surface area (Å²) in [6.07, 6.45) is -0.0488. The van der Waals surface area contributed by atoms with Crippen LogP contribution < -0.4 is 15.2 Å². The van der Waals surface area contributed by atoms with E-state index < -0.39 is 17.5 Å². The highest BCUT2D eigenvalue weighted by Crippen LogP contribution is 2.41. The van der Waals surface area contributed by atoms with Gasteiger partial charge in [-0.1, -0.05) is 24.3 Å². The van der Waals surface area contributed by atoms with Gasteiger partial charge in [-0.2, -0.15) is 0 Å². The van der Waals surface area contributed by atoms with Crippen molar-refractivity contribution in [2.75, 3.05) is 50.5 Å². The van der Waals surface area contributed by atoms with Crippen LogP contribution in [0.4, 0.5) is 18.9 Å². The summed E-state index contributed by atoms with van der Waals surface area (Å²) in [5.74, 6) is -1.26. The number of thioether (sulfide) groups is 1. The van der Waals surface area contributed by atoms with E-state index >= 15 is 4.39 Å². The number of methoxy groups -OCH3 is 1. The number of nitrogens with zero attached hydrogens (tertiary/aromatic N) is 3. The predicted octanol–water partition coefficient (Wildman–Crippen LogP) is 6.93. The Morgan fingerprint density at radius 2 is 1.55 bits per heavy atom. The molecule has 0 amide bonds. The Kier molecular flexibility index (Phi) is 8.53. The lowest BCUT2D eigenvalue weighted by Crippen LogP contribution is -2.48. The molecular formula is C35H36F3N3O2S. The molecule has 4 aromatic rings. The number of rotatable bonds is 7. The lowest BCUT2D eigenvalue weighted by molar-refractivity contribution is 0.224. The first-order chi connectivity index (χ1) is 21.2. The van der Waals surface area contributed by atoms with E-state index in [2.05, 4.69) is 41.8 Å². The summed E-state index contributed by atoms with van der Waals surface area (Å²) in [6.45, 7) is 10.0. The van der Waals surface area contributed by atoms with Gasteiger partial charge in [0.1, 0.15) is 11.6 Å². The van der Waals surface area contributed by atoms with Crippen LogP contribution in [-0.2, 0) is 6.42 Å². The van der Waals surface area contributed by atoms with Crippen LogP contribution in [0.25, 0.3) is 11.1 Å². The van der Waals surface area contributed by atoms with E-state index in [1.54, 1.807) is 23.6 Å². The Hall–Kier alpha value is -3.69. The average Bonchev–Trinajstić information content (AvgIpc) is 3.41. The number of pyridine rings is 1. The van der Waals surface area contributed by atoms with Gasteiger partial charge in [0.15, 0.2) is 11.6 Å². The zero-order chi connectivity index (χ0) is 31.1. The summed E-state index contributed by atoms with van der Waals surface area (Å²) in [6, 6.07) is 15.0. The van der Waals surface area contributed by atoms with Crippen LogP contribution in [0.15, 0.2) is 64.4 Å². The standard InChI is InChI=1S/C35H36F3N3O2S/c1-21-15-22(2)17-24(16-21)40-13-11-39(12-14-40)19-25-20-44-35-27(18-28-29(36)8-6-9-30(28)37)23(3)32(34(42)41(25)35)26-7-5-10-31(43-4)33(26)38/h5-10,15-17,25H,11-14,18-20H2,1-4H3. The van der Waals surface area contributed by atoms with Crippen molar-refractivity contribution in [2.45, 2.75) is 38.3 Å². The van der Waals surface area contributed by atoms with Crippen LogP contribution in [0.1, 0.15) is 33.9 Å². The van der Waals surface area contributed by atoms with Crippen LogP contribution in [0, 0.1) is 38.2 Å².